The Morgan fingerprint density at radius 1 is 1.20 bits per heavy atom. The summed E-state index contributed by atoms with van der Waals surface area (Å²) in [6.45, 7) is 4.21. The van der Waals surface area contributed by atoms with Crippen molar-refractivity contribution < 1.29 is 9.53 Å². The molecule has 0 aliphatic carbocycles. The second kappa shape index (κ2) is 6.44. The van der Waals surface area contributed by atoms with Crippen LogP contribution in [-0.2, 0) is 24.2 Å². The first-order valence-electron chi connectivity index (χ1n) is 8.69. The van der Waals surface area contributed by atoms with Crippen molar-refractivity contribution in [2.24, 2.45) is 0 Å². The third kappa shape index (κ3) is 2.76. The average Bonchev–Trinajstić information content (AvgIpc) is 3.10. The van der Waals surface area contributed by atoms with Crippen molar-refractivity contribution in [1.82, 2.24) is 14.9 Å². The van der Waals surface area contributed by atoms with Crippen LogP contribution in [0.2, 0.25) is 0 Å². The fourth-order valence-corrected chi connectivity index (χ4v) is 3.79. The van der Waals surface area contributed by atoms with E-state index in [9.17, 15) is 4.79 Å². The predicted octanol–water partition coefficient (Wildman–Crippen LogP) is 1.82. The molecule has 6 heteroatoms. The summed E-state index contributed by atoms with van der Waals surface area (Å²) in [6.07, 6.45) is 3.28. The normalized spacial score (nSPS) is 17.8. The van der Waals surface area contributed by atoms with Crippen molar-refractivity contribution in [2.45, 2.75) is 32.4 Å². The van der Waals surface area contributed by atoms with E-state index in [0.717, 1.165) is 42.9 Å². The molecular formula is C19H22N4O2. The van der Waals surface area contributed by atoms with E-state index in [1.807, 2.05) is 30.0 Å². The van der Waals surface area contributed by atoms with E-state index in [2.05, 4.69) is 20.9 Å². The summed E-state index contributed by atoms with van der Waals surface area (Å²) in [5.74, 6) is 0.769. The van der Waals surface area contributed by atoms with Gasteiger partial charge in [0.05, 0.1) is 18.8 Å². The highest BCUT2D eigenvalue weighted by atomic mass is 16.5. The fraction of sp³-hybridized carbons (Fsp3) is 0.421. The molecule has 1 amide bonds. The lowest BCUT2D eigenvalue weighted by atomic mass is 10.0. The Hall–Kier alpha value is -2.47. The first-order chi connectivity index (χ1) is 12.2. The smallest absolute Gasteiger partial charge is 0.244 e. The standard InChI is InChI=1S/C19H22N4O2/c1-13(19(24)23-10-7-14-5-3-4-6-17(14)23)22-9-8-16-15(11-22)18(25-2)21-12-20-16/h3-6,12-13H,7-11H2,1-2H3. The second-order valence-corrected chi connectivity index (χ2v) is 6.57. The van der Waals surface area contributed by atoms with Gasteiger partial charge in [-0.1, -0.05) is 18.2 Å². The molecular weight excluding hydrogens is 316 g/mol. The van der Waals surface area contributed by atoms with Gasteiger partial charge >= 0.3 is 0 Å². The molecule has 130 valence electrons. The zero-order chi connectivity index (χ0) is 17.4. The molecule has 6 nitrogen and oxygen atoms in total. The van der Waals surface area contributed by atoms with E-state index in [0.29, 0.717) is 12.4 Å². The Morgan fingerprint density at radius 3 is 2.88 bits per heavy atom. The summed E-state index contributed by atoms with van der Waals surface area (Å²) in [7, 11) is 1.62. The van der Waals surface area contributed by atoms with E-state index >= 15 is 0 Å². The zero-order valence-corrected chi connectivity index (χ0v) is 14.6. The molecule has 0 N–H and O–H groups in total. The van der Waals surface area contributed by atoms with Gasteiger partial charge in [0, 0.05) is 37.3 Å². The van der Waals surface area contributed by atoms with E-state index in [4.69, 9.17) is 4.74 Å². The van der Waals surface area contributed by atoms with Crippen LogP contribution < -0.4 is 9.64 Å². The Balaban J connectivity index is 1.54. The van der Waals surface area contributed by atoms with Crippen molar-refractivity contribution >= 4 is 11.6 Å². The first kappa shape index (κ1) is 16.0. The van der Waals surface area contributed by atoms with Gasteiger partial charge in [-0.2, -0.15) is 0 Å². The molecule has 3 heterocycles. The van der Waals surface area contributed by atoms with Gasteiger partial charge in [0.1, 0.15) is 6.33 Å². The highest BCUT2D eigenvalue weighted by Crippen LogP contribution is 2.30. The van der Waals surface area contributed by atoms with Crippen LogP contribution in [0.1, 0.15) is 23.7 Å². The van der Waals surface area contributed by atoms with Crippen LogP contribution in [0.15, 0.2) is 30.6 Å². The monoisotopic (exact) mass is 338 g/mol. The van der Waals surface area contributed by atoms with Gasteiger partial charge < -0.3 is 9.64 Å². The fourth-order valence-electron chi connectivity index (χ4n) is 3.79. The van der Waals surface area contributed by atoms with Crippen LogP contribution in [0.25, 0.3) is 0 Å². The number of benzene rings is 1. The molecule has 1 aromatic carbocycles. The number of carbonyl (C=O) groups excluding carboxylic acids is 1. The summed E-state index contributed by atoms with van der Waals surface area (Å²) in [5.41, 5.74) is 4.33. The number of rotatable bonds is 3. The molecule has 1 unspecified atom stereocenters. The van der Waals surface area contributed by atoms with Crippen molar-refractivity contribution in [3.63, 3.8) is 0 Å². The topological polar surface area (TPSA) is 58.6 Å². The summed E-state index contributed by atoms with van der Waals surface area (Å²) >= 11 is 0. The van der Waals surface area contributed by atoms with E-state index in [1.54, 1.807) is 13.4 Å². The van der Waals surface area contributed by atoms with Crippen LogP contribution in [-0.4, -0.2) is 47.0 Å². The molecule has 0 saturated carbocycles. The van der Waals surface area contributed by atoms with Gasteiger partial charge in [0.2, 0.25) is 11.8 Å². The molecule has 25 heavy (non-hydrogen) atoms. The van der Waals surface area contributed by atoms with Gasteiger partial charge in [0.15, 0.2) is 0 Å². The Morgan fingerprint density at radius 2 is 2.04 bits per heavy atom. The number of nitrogens with zero attached hydrogens (tertiary/aromatic N) is 4. The first-order valence-corrected chi connectivity index (χ1v) is 8.69. The van der Waals surface area contributed by atoms with Crippen molar-refractivity contribution in [3.05, 3.63) is 47.4 Å². The Labute approximate surface area is 147 Å². The lowest BCUT2D eigenvalue weighted by Gasteiger charge is -2.34. The van der Waals surface area contributed by atoms with Crippen molar-refractivity contribution in [2.75, 3.05) is 25.1 Å². The number of ether oxygens (including phenoxy) is 1. The number of anilines is 1. The lowest BCUT2D eigenvalue weighted by Crippen LogP contribution is -2.48. The molecule has 4 rings (SSSR count). The third-order valence-electron chi connectivity index (χ3n) is 5.24. The van der Waals surface area contributed by atoms with Gasteiger partial charge in [0.25, 0.3) is 0 Å². The largest absolute Gasteiger partial charge is 0.481 e. The number of methoxy groups -OCH3 is 1. The van der Waals surface area contributed by atoms with Crippen molar-refractivity contribution in [1.29, 1.82) is 0 Å². The second-order valence-electron chi connectivity index (χ2n) is 6.57. The molecule has 1 aromatic heterocycles. The molecule has 0 fully saturated rings. The number of amides is 1. The van der Waals surface area contributed by atoms with E-state index in [1.165, 1.54) is 5.56 Å². The summed E-state index contributed by atoms with van der Waals surface area (Å²) < 4.78 is 5.37. The maximum atomic E-state index is 13.1. The maximum Gasteiger partial charge on any atom is 0.244 e. The molecule has 0 spiro atoms. The van der Waals surface area contributed by atoms with E-state index in [-0.39, 0.29) is 11.9 Å². The van der Waals surface area contributed by atoms with Crippen LogP contribution >= 0.6 is 0 Å². The predicted molar refractivity (Wildman–Crippen MR) is 94.7 cm³/mol. The maximum absolute atomic E-state index is 13.1. The number of hydrogen-bond donors (Lipinski definition) is 0. The Kier molecular flexibility index (Phi) is 4.13. The SMILES string of the molecule is COc1ncnc2c1CN(C(C)C(=O)N1CCc3ccccc31)CC2. The Bertz CT molecular complexity index is 794. The van der Waals surface area contributed by atoms with Gasteiger partial charge in [-0.3, -0.25) is 9.69 Å². The van der Waals surface area contributed by atoms with Crippen LogP contribution in [0.4, 0.5) is 5.69 Å². The molecule has 2 aromatic rings. The van der Waals surface area contributed by atoms with Gasteiger partial charge in [-0.15, -0.1) is 0 Å². The minimum atomic E-state index is -0.191. The summed E-state index contributed by atoms with van der Waals surface area (Å²) in [6, 6.07) is 7.98. The highest BCUT2D eigenvalue weighted by Gasteiger charge is 2.33. The van der Waals surface area contributed by atoms with Gasteiger partial charge in [-0.25, -0.2) is 9.97 Å². The van der Waals surface area contributed by atoms with Crippen LogP contribution in [0.5, 0.6) is 5.88 Å². The molecule has 2 aliphatic rings. The van der Waals surface area contributed by atoms with Crippen molar-refractivity contribution in [3.8, 4) is 5.88 Å². The quantitative estimate of drug-likeness (QED) is 0.854. The molecule has 1 atom stereocenters. The minimum Gasteiger partial charge on any atom is -0.481 e. The minimum absolute atomic E-state index is 0.157. The number of aromatic nitrogens is 2. The number of hydrogen-bond acceptors (Lipinski definition) is 5. The average molecular weight is 338 g/mol. The molecule has 0 radical (unpaired) electrons. The molecule has 2 aliphatic heterocycles. The van der Waals surface area contributed by atoms with Gasteiger partial charge in [-0.05, 0) is 25.0 Å². The lowest BCUT2D eigenvalue weighted by molar-refractivity contribution is -0.123. The van der Waals surface area contributed by atoms with Crippen LogP contribution in [0.3, 0.4) is 0 Å². The summed E-state index contributed by atoms with van der Waals surface area (Å²) in [4.78, 5) is 25.8. The third-order valence-corrected chi connectivity index (χ3v) is 5.24. The highest BCUT2D eigenvalue weighted by molar-refractivity contribution is 5.98. The number of fused-ring (bicyclic) bond motifs is 2. The zero-order valence-electron chi connectivity index (χ0n) is 14.6. The summed E-state index contributed by atoms with van der Waals surface area (Å²) in [5, 5.41) is 0. The molecule has 0 saturated heterocycles. The van der Waals surface area contributed by atoms with E-state index < -0.39 is 0 Å². The number of para-hydroxylation sites is 1. The van der Waals surface area contributed by atoms with Crippen LogP contribution in [0, 0.1) is 0 Å². The molecule has 0 bridgehead atoms. The number of carbonyl (C=O) groups is 1.